The molecule has 1 aromatic carbocycles. The standard InChI is InChI=1S/C15H25NO2/c1-6-17-13-9-8-12(10-14(13)18-7-2)15(16-5)11(3)4/h8-11,15-16H,6-7H2,1-5H3. The number of rotatable bonds is 7. The van der Waals surface area contributed by atoms with E-state index >= 15 is 0 Å². The molecule has 0 aromatic heterocycles. The first kappa shape index (κ1) is 14.8. The van der Waals surface area contributed by atoms with Gasteiger partial charge in [-0.15, -0.1) is 0 Å². The fourth-order valence-electron chi connectivity index (χ4n) is 2.15. The molecule has 1 rings (SSSR count). The molecule has 0 amide bonds. The van der Waals surface area contributed by atoms with Gasteiger partial charge < -0.3 is 14.8 Å². The summed E-state index contributed by atoms with van der Waals surface area (Å²) >= 11 is 0. The van der Waals surface area contributed by atoms with Crippen LogP contribution in [0.4, 0.5) is 0 Å². The second-order valence-corrected chi connectivity index (χ2v) is 4.58. The molecule has 3 heteroatoms. The topological polar surface area (TPSA) is 30.5 Å². The molecule has 0 bridgehead atoms. The fourth-order valence-corrected chi connectivity index (χ4v) is 2.15. The minimum absolute atomic E-state index is 0.333. The summed E-state index contributed by atoms with van der Waals surface area (Å²) in [5.41, 5.74) is 1.24. The van der Waals surface area contributed by atoms with Crippen LogP contribution >= 0.6 is 0 Å². The van der Waals surface area contributed by atoms with Gasteiger partial charge >= 0.3 is 0 Å². The zero-order valence-corrected chi connectivity index (χ0v) is 12.1. The van der Waals surface area contributed by atoms with Gasteiger partial charge in [0.05, 0.1) is 13.2 Å². The number of nitrogens with one attached hydrogen (secondary N) is 1. The fraction of sp³-hybridized carbons (Fsp3) is 0.600. The van der Waals surface area contributed by atoms with Crippen LogP contribution in [0.2, 0.25) is 0 Å². The monoisotopic (exact) mass is 251 g/mol. The second-order valence-electron chi connectivity index (χ2n) is 4.58. The Bertz CT molecular complexity index is 364. The Hall–Kier alpha value is -1.22. The Morgan fingerprint density at radius 3 is 2.17 bits per heavy atom. The first-order chi connectivity index (χ1) is 8.63. The maximum Gasteiger partial charge on any atom is 0.161 e. The first-order valence-corrected chi connectivity index (χ1v) is 6.70. The summed E-state index contributed by atoms with van der Waals surface area (Å²) in [4.78, 5) is 0. The maximum absolute atomic E-state index is 5.65. The molecule has 102 valence electrons. The molecule has 0 saturated carbocycles. The van der Waals surface area contributed by atoms with E-state index in [2.05, 4.69) is 31.3 Å². The molecule has 0 fully saturated rings. The summed E-state index contributed by atoms with van der Waals surface area (Å²) in [5, 5.41) is 3.34. The van der Waals surface area contributed by atoms with Gasteiger partial charge in [0, 0.05) is 6.04 Å². The van der Waals surface area contributed by atoms with Gasteiger partial charge in [0.25, 0.3) is 0 Å². The third-order valence-corrected chi connectivity index (χ3v) is 2.90. The van der Waals surface area contributed by atoms with Crippen LogP contribution in [-0.4, -0.2) is 20.3 Å². The zero-order valence-electron chi connectivity index (χ0n) is 12.1. The Labute approximate surface area is 110 Å². The van der Waals surface area contributed by atoms with E-state index in [1.165, 1.54) is 5.56 Å². The van der Waals surface area contributed by atoms with Crippen molar-refractivity contribution >= 4 is 0 Å². The second kappa shape index (κ2) is 7.27. The van der Waals surface area contributed by atoms with Gasteiger partial charge in [0.15, 0.2) is 11.5 Å². The van der Waals surface area contributed by atoms with Crippen molar-refractivity contribution in [1.29, 1.82) is 0 Å². The van der Waals surface area contributed by atoms with E-state index < -0.39 is 0 Å². The minimum Gasteiger partial charge on any atom is -0.490 e. The van der Waals surface area contributed by atoms with Crippen molar-refractivity contribution in [2.75, 3.05) is 20.3 Å². The Morgan fingerprint density at radius 1 is 1.06 bits per heavy atom. The molecule has 1 unspecified atom stereocenters. The van der Waals surface area contributed by atoms with E-state index in [-0.39, 0.29) is 0 Å². The van der Waals surface area contributed by atoms with Crippen LogP contribution < -0.4 is 14.8 Å². The van der Waals surface area contributed by atoms with E-state index in [0.29, 0.717) is 25.2 Å². The van der Waals surface area contributed by atoms with Crippen molar-refractivity contribution in [3.05, 3.63) is 23.8 Å². The zero-order chi connectivity index (χ0) is 13.5. The van der Waals surface area contributed by atoms with Crippen molar-refractivity contribution < 1.29 is 9.47 Å². The predicted molar refractivity (Wildman–Crippen MR) is 75.4 cm³/mol. The summed E-state index contributed by atoms with van der Waals surface area (Å²) in [6.07, 6.45) is 0. The van der Waals surface area contributed by atoms with Crippen molar-refractivity contribution in [1.82, 2.24) is 5.32 Å². The highest BCUT2D eigenvalue weighted by molar-refractivity contribution is 5.44. The highest BCUT2D eigenvalue weighted by atomic mass is 16.5. The lowest BCUT2D eigenvalue weighted by Gasteiger charge is -2.22. The van der Waals surface area contributed by atoms with Crippen molar-refractivity contribution in [3.63, 3.8) is 0 Å². The van der Waals surface area contributed by atoms with Gasteiger partial charge in [-0.05, 0) is 44.5 Å². The summed E-state index contributed by atoms with van der Waals surface area (Å²) in [7, 11) is 1.99. The average Bonchev–Trinajstić information content (AvgIpc) is 2.33. The summed E-state index contributed by atoms with van der Waals surface area (Å²) < 4.78 is 11.2. The molecule has 0 aliphatic heterocycles. The van der Waals surface area contributed by atoms with Crippen LogP contribution in [0.3, 0.4) is 0 Å². The molecular formula is C15H25NO2. The smallest absolute Gasteiger partial charge is 0.161 e. The van der Waals surface area contributed by atoms with Gasteiger partial charge in [0.2, 0.25) is 0 Å². The molecule has 0 heterocycles. The van der Waals surface area contributed by atoms with E-state index in [4.69, 9.17) is 9.47 Å². The quantitative estimate of drug-likeness (QED) is 0.805. The van der Waals surface area contributed by atoms with E-state index in [1.807, 2.05) is 27.0 Å². The average molecular weight is 251 g/mol. The highest BCUT2D eigenvalue weighted by Crippen LogP contribution is 2.32. The van der Waals surface area contributed by atoms with Gasteiger partial charge in [-0.3, -0.25) is 0 Å². The van der Waals surface area contributed by atoms with E-state index in [0.717, 1.165) is 11.5 Å². The molecule has 3 nitrogen and oxygen atoms in total. The van der Waals surface area contributed by atoms with Crippen LogP contribution in [0.5, 0.6) is 11.5 Å². The number of hydrogen-bond donors (Lipinski definition) is 1. The summed E-state index contributed by atoms with van der Waals surface area (Å²) in [6, 6.07) is 6.51. The third-order valence-electron chi connectivity index (χ3n) is 2.90. The van der Waals surface area contributed by atoms with Crippen molar-refractivity contribution in [2.24, 2.45) is 5.92 Å². The molecule has 1 aromatic rings. The normalized spacial score (nSPS) is 12.6. The third kappa shape index (κ3) is 3.64. The minimum atomic E-state index is 0.333. The van der Waals surface area contributed by atoms with E-state index in [1.54, 1.807) is 0 Å². The predicted octanol–water partition coefficient (Wildman–Crippen LogP) is 3.40. The van der Waals surface area contributed by atoms with Crippen LogP contribution in [0.1, 0.15) is 39.3 Å². The lowest BCUT2D eigenvalue weighted by molar-refractivity contribution is 0.286. The lowest BCUT2D eigenvalue weighted by atomic mass is 9.96. The Kier molecular flexibility index (Phi) is 5.99. The molecule has 0 saturated heterocycles. The van der Waals surface area contributed by atoms with Gasteiger partial charge in [-0.1, -0.05) is 19.9 Å². The van der Waals surface area contributed by atoms with Crippen LogP contribution in [0.15, 0.2) is 18.2 Å². The van der Waals surface area contributed by atoms with Crippen LogP contribution in [-0.2, 0) is 0 Å². The molecular weight excluding hydrogens is 226 g/mol. The lowest BCUT2D eigenvalue weighted by Crippen LogP contribution is -2.21. The number of hydrogen-bond acceptors (Lipinski definition) is 3. The van der Waals surface area contributed by atoms with E-state index in [9.17, 15) is 0 Å². The summed E-state index contributed by atoms with van der Waals surface area (Å²) in [5.74, 6) is 2.18. The SMILES string of the molecule is CCOc1ccc(C(NC)C(C)C)cc1OCC. The Balaban J connectivity index is 3.04. The molecule has 0 radical (unpaired) electrons. The largest absolute Gasteiger partial charge is 0.490 e. The first-order valence-electron chi connectivity index (χ1n) is 6.70. The molecule has 1 N–H and O–H groups in total. The van der Waals surface area contributed by atoms with Gasteiger partial charge in [-0.2, -0.15) is 0 Å². The van der Waals surface area contributed by atoms with Gasteiger partial charge in [-0.25, -0.2) is 0 Å². The molecule has 1 atom stereocenters. The molecule has 0 aliphatic rings. The number of ether oxygens (including phenoxy) is 2. The molecule has 0 aliphatic carbocycles. The Morgan fingerprint density at radius 2 is 1.67 bits per heavy atom. The van der Waals surface area contributed by atoms with Crippen LogP contribution in [0, 0.1) is 5.92 Å². The highest BCUT2D eigenvalue weighted by Gasteiger charge is 2.16. The molecule has 0 spiro atoms. The van der Waals surface area contributed by atoms with Crippen molar-refractivity contribution in [3.8, 4) is 11.5 Å². The number of benzene rings is 1. The van der Waals surface area contributed by atoms with Crippen LogP contribution in [0.25, 0.3) is 0 Å². The molecule has 18 heavy (non-hydrogen) atoms. The van der Waals surface area contributed by atoms with Gasteiger partial charge in [0.1, 0.15) is 0 Å². The van der Waals surface area contributed by atoms with Crippen molar-refractivity contribution in [2.45, 2.75) is 33.7 Å². The maximum atomic E-state index is 5.65. The summed E-state index contributed by atoms with van der Waals surface area (Å²) in [6.45, 7) is 9.68.